The number of nitrogens with one attached hydrogen (secondary N) is 1. The molecule has 0 saturated carbocycles. The molecule has 1 aliphatic heterocycles. The highest BCUT2D eigenvalue weighted by Crippen LogP contribution is 2.27. The van der Waals surface area contributed by atoms with E-state index in [1.165, 1.54) is 6.07 Å². The number of aryl methyl sites for hydroxylation is 1. The van der Waals surface area contributed by atoms with E-state index in [0.717, 1.165) is 24.1 Å². The summed E-state index contributed by atoms with van der Waals surface area (Å²) in [6, 6.07) is 15.5. The Bertz CT molecular complexity index is 1120. The zero-order valence-electron chi connectivity index (χ0n) is 15.5. The van der Waals surface area contributed by atoms with Gasteiger partial charge in [0, 0.05) is 17.6 Å². The molecule has 0 spiro atoms. The fourth-order valence-corrected chi connectivity index (χ4v) is 3.55. The molecule has 2 aromatic carbocycles. The molecule has 0 bridgehead atoms. The second kappa shape index (κ2) is 7.31. The first-order valence-corrected chi connectivity index (χ1v) is 9.27. The van der Waals surface area contributed by atoms with Gasteiger partial charge in [0.2, 0.25) is 5.91 Å². The average molecular weight is 376 g/mol. The van der Waals surface area contributed by atoms with E-state index < -0.39 is 17.6 Å². The maximum atomic E-state index is 12.9. The Balaban J connectivity index is 1.55. The van der Waals surface area contributed by atoms with Crippen LogP contribution in [0.5, 0.6) is 0 Å². The molecule has 1 aromatic heterocycles. The Morgan fingerprint density at radius 3 is 2.71 bits per heavy atom. The molecular formula is C22H20N2O4. The van der Waals surface area contributed by atoms with Crippen LogP contribution >= 0.6 is 0 Å². The first-order valence-electron chi connectivity index (χ1n) is 9.27. The third-order valence-corrected chi connectivity index (χ3v) is 4.98. The third-order valence-electron chi connectivity index (χ3n) is 4.98. The van der Waals surface area contributed by atoms with Gasteiger partial charge in [0.05, 0.1) is 0 Å². The lowest BCUT2D eigenvalue weighted by Gasteiger charge is -2.31. The van der Waals surface area contributed by atoms with Crippen molar-refractivity contribution >= 4 is 28.5 Å². The predicted octanol–water partition coefficient (Wildman–Crippen LogP) is 2.89. The molecule has 0 aliphatic carbocycles. The molecule has 1 atom stereocenters. The number of fused-ring (bicyclic) bond motifs is 2. The molecule has 0 radical (unpaired) electrons. The molecule has 142 valence electrons. The lowest BCUT2D eigenvalue weighted by Crippen LogP contribution is -2.49. The summed E-state index contributed by atoms with van der Waals surface area (Å²) in [4.78, 5) is 39.4. The lowest BCUT2D eigenvalue weighted by atomic mass is 10.0. The van der Waals surface area contributed by atoms with Gasteiger partial charge in [-0.05, 0) is 43.5 Å². The molecule has 28 heavy (non-hydrogen) atoms. The second-order valence-corrected chi connectivity index (χ2v) is 6.90. The van der Waals surface area contributed by atoms with E-state index >= 15 is 0 Å². The third kappa shape index (κ3) is 3.29. The first kappa shape index (κ1) is 18.0. The van der Waals surface area contributed by atoms with Gasteiger partial charge in [-0.2, -0.15) is 0 Å². The Kier molecular flexibility index (Phi) is 4.69. The smallest absolute Gasteiger partial charge is 0.349 e. The van der Waals surface area contributed by atoms with E-state index in [-0.39, 0.29) is 11.5 Å². The molecule has 0 unspecified atom stereocenters. The summed E-state index contributed by atoms with van der Waals surface area (Å²) in [7, 11) is 0. The van der Waals surface area contributed by atoms with Gasteiger partial charge in [0.1, 0.15) is 17.2 Å². The van der Waals surface area contributed by atoms with E-state index in [4.69, 9.17) is 4.42 Å². The number of benzene rings is 2. The monoisotopic (exact) mass is 376 g/mol. The zero-order chi connectivity index (χ0) is 19.7. The summed E-state index contributed by atoms with van der Waals surface area (Å²) < 4.78 is 5.21. The van der Waals surface area contributed by atoms with Crippen molar-refractivity contribution in [3.8, 4) is 0 Å². The van der Waals surface area contributed by atoms with Crippen molar-refractivity contribution in [2.24, 2.45) is 0 Å². The van der Waals surface area contributed by atoms with Crippen LogP contribution < -0.4 is 15.8 Å². The normalized spacial score (nSPS) is 14.4. The molecule has 3 aromatic rings. The maximum Gasteiger partial charge on any atom is 0.349 e. The largest absolute Gasteiger partial charge is 0.422 e. The Hall–Kier alpha value is -3.41. The van der Waals surface area contributed by atoms with Crippen molar-refractivity contribution in [1.29, 1.82) is 0 Å². The van der Waals surface area contributed by atoms with Gasteiger partial charge < -0.3 is 14.6 Å². The predicted molar refractivity (Wildman–Crippen MR) is 107 cm³/mol. The molecule has 1 aliphatic rings. The van der Waals surface area contributed by atoms with E-state index in [1.54, 1.807) is 36.1 Å². The van der Waals surface area contributed by atoms with Crippen molar-refractivity contribution in [3.63, 3.8) is 0 Å². The zero-order valence-corrected chi connectivity index (χ0v) is 15.5. The minimum Gasteiger partial charge on any atom is -0.422 e. The summed E-state index contributed by atoms with van der Waals surface area (Å²) in [5.74, 6) is -0.823. The molecule has 0 fully saturated rings. The highest BCUT2D eigenvalue weighted by Gasteiger charge is 2.28. The SMILES string of the molecule is C[C@H](NC(=O)c1cc2ccccc2oc1=O)C(=O)N1CCCc2ccccc21. The fraction of sp³-hybridized carbons (Fsp3) is 0.227. The van der Waals surface area contributed by atoms with Gasteiger partial charge in [-0.1, -0.05) is 36.4 Å². The van der Waals surface area contributed by atoms with Crippen molar-refractivity contribution < 1.29 is 14.0 Å². The molecule has 2 amide bonds. The number of anilines is 1. The average Bonchev–Trinajstić information content (AvgIpc) is 2.72. The molecule has 6 heteroatoms. The van der Waals surface area contributed by atoms with Crippen molar-refractivity contribution in [3.05, 3.63) is 76.1 Å². The van der Waals surface area contributed by atoms with Crippen LogP contribution in [0.1, 0.15) is 29.3 Å². The van der Waals surface area contributed by atoms with E-state index in [1.807, 2.05) is 24.3 Å². The molecular weight excluding hydrogens is 356 g/mol. The summed E-state index contributed by atoms with van der Waals surface area (Å²) in [6.07, 6.45) is 1.80. The van der Waals surface area contributed by atoms with Crippen molar-refractivity contribution in [2.45, 2.75) is 25.8 Å². The number of amides is 2. The van der Waals surface area contributed by atoms with Gasteiger partial charge in [0.25, 0.3) is 5.91 Å². The summed E-state index contributed by atoms with van der Waals surface area (Å²) in [5.41, 5.74) is 1.58. The summed E-state index contributed by atoms with van der Waals surface area (Å²) in [5, 5.41) is 3.29. The van der Waals surface area contributed by atoms with E-state index in [0.29, 0.717) is 17.5 Å². The van der Waals surface area contributed by atoms with Gasteiger partial charge in [-0.25, -0.2) is 4.79 Å². The number of para-hydroxylation sites is 2. The highest BCUT2D eigenvalue weighted by atomic mass is 16.4. The number of carbonyl (C=O) groups is 2. The number of rotatable bonds is 3. The topological polar surface area (TPSA) is 79.6 Å². The van der Waals surface area contributed by atoms with Crippen LogP contribution in [-0.4, -0.2) is 24.4 Å². The fourth-order valence-electron chi connectivity index (χ4n) is 3.55. The Labute approximate surface area is 161 Å². The molecule has 2 heterocycles. The van der Waals surface area contributed by atoms with Gasteiger partial charge in [-0.15, -0.1) is 0 Å². The van der Waals surface area contributed by atoms with Crippen molar-refractivity contribution in [2.75, 3.05) is 11.4 Å². The molecule has 4 rings (SSSR count). The second-order valence-electron chi connectivity index (χ2n) is 6.90. The van der Waals surface area contributed by atoms with E-state index in [2.05, 4.69) is 5.32 Å². The van der Waals surface area contributed by atoms with Crippen LogP contribution in [-0.2, 0) is 11.2 Å². The van der Waals surface area contributed by atoms with Crippen molar-refractivity contribution in [1.82, 2.24) is 5.32 Å². The summed E-state index contributed by atoms with van der Waals surface area (Å²) >= 11 is 0. The van der Waals surface area contributed by atoms with Crippen LogP contribution in [0.25, 0.3) is 11.0 Å². The number of hydrogen-bond donors (Lipinski definition) is 1. The van der Waals surface area contributed by atoms with Crippen LogP contribution in [0.4, 0.5) is 5.69 Å². The lowest BCUT2D eigenvalue weighted by molar-refractivity contribution is -0.120. The minimum atomic E-state index is -0.774. The summed E-state index contributed by atoms with van der Waals surface area (Å²) in [6.45, 7) is 2.23. The van der Waals surface area contributed by atoms with Crippen LogP contribution in [0.15, 0.2) is 63.8 Å². The molecule has 6 nitrogen and oxygen atoms in total. The first-order chi connectivity index (χ1) is 13.5. The van der Waals surface area contributed by atoms with Crippen LogP contribution in [0.2, 0.25) is 0 Å². The van der Waals surface area contributed by atoms with Gasteiger partial charge >= 0.3 is 5.63 Å². The molecule has 1 N–H and O–H groups in total. The van der Waals surface area contributed by atoms with Crippen LogP contribution in [0.3, 0.4) is 0 Å². The Morgan fingerprint density at radius 1 is 1.11 bits per heavy atom. The molecule has 0 saturated heterocycles. The number of nitrogens with zero attached hydrogens (tertiary/aromatic N) is 1. The standard InChI is InChI=1S/C22H20N2O4/c1-14(21(26)24-12-6-9-15-7-2-4-10-18(15)24)23-20(25)17-13-16-8-3-5-11-19(16)28-22(17)27/h2-5,7-8,10-11,13-14H,6,9,12H2,1H3,(H,23,25)/t14-/m0/s1. The minimum absolute atomic E-state index is 0.114. The Morgan fingerprint density at radius 2 is 1.86 bits per heavy atom. The number of carbonyl (C=O) groups excluding carboxylic acids is 2. The van der Waals surface area contributed by atoms with Gasteiger partial charge in [-0.3, -0.25) is 9.59 Å². The maximum absolute atomic E-state index is 12.9. The quantitative estimate of drug-likeness (QED) is 0.713. The number of hydrogen-bond acceptors (Lipinski definition) is 4. The highest BCUT2D eigenvalue weighted by molar-refractivity contribution is 6.03. The van der Waals surface area contributed by atoms with Gasteiger partial charge in [0.15, 0.2) is 0 Å². The van der Waals surface area contributed by atoms with E-state index in [9.17, 15) is 14.4 Å². The van der Waals surface area contributed by atoms with Crippen LogP contribution in [0, 0.1) is 0 Å².